The van der Waals surface area contributed by atoms with E-state index in [1.165, 1.54) is 18.2 Å². The van der Waals surface area contributed by atoms with Crippen molar-refractivity contribution in [2.45, 2.75) is 32.6 Å². The molecule has 0 aliphatic rings. The lowest BCUT2D eigenvalue weighted by atomic mass is 10.1. The average molecular weight is 443 g/mol. The molecule has 3 aromatic carbocycles. The largest absolute Gasteiger partial charge is 0.322 e. The smallest absolute Gasteiger partial charge is 0.263 e. The van der Waals surface area contributed by atoms with Crippen molar-refractivity contribution in [2.24, 2.45) is 0 Å². The van der Waals surface area contributed by atoms with Crippen molar-refractivity contribution in [1.29, 1.82) is 0 Å². The summed E-state index contributed by atoms with van der Waals surface area (Å²) in [6.07, 6.45) is 0. The van der Waals surface area contributed by atoms with Gasteiger partial charge < -0.3 is 5.32 Å². The van der Waals surface area contributed by atoms with Gasteiger partial charge in [0.15, 0.2) is 0 Å². The Morgan fingerprint density at radius 2 is 1.60 bits per heavy atom. The predicted octanol–water partition coefficient (Wildman–Crippen LogP) is 5.63. The molecule has 0 saturated carbocycles. The second-order valence-electron chi connectivity index (χ2n) is 7.27. The minimum atomic E-state index is -3.99. The Hall–Kier alpha value is -2.83. The Morgan fingerprint density at radius 1 is 0.867 bits per heavy atom. The minimum Gasteiger partial charge on any atom is -0.322 e. The summed E-state index contributed by atoms with van der Waals surface area (Å²) in [7, 11) is -3.99. The predicted molar refractivity (Wildman–Crippen MR) is 122 cm³/mol. The number of sulfonamides is 1. The fourth-order valence-electron chi connectivity index (χ4n) is 2.98. The fourth-order valence-corrected chi connectivity index (χ4v) is 4.63. The number of aryl methyl sites for hydroxylation is 3. The van der Waals surface area contributed by atoms with Gasteiger partial charge in [-0.15, -0.1) is 0 Å². The average Bonchev–Trinajstić information content (AvgIpc) is 2.68. The number of carbonyl (C=O) groups excluding carboxylic acids is 1. The van der Waals surface area contributed by atoms with E-state index in [0.29, 0.717) is 11.4 Å². The number of carbonyl (C=O) groups is 1. The molecule has 0 heterocycles. The van der Waals surface area contributed by atoms with Crippen LogP contribution in [0.5, 0.6) is 0 Å². The number of halogens is 1. The highest BCUT2D eigenvalue weighted by Crippen LogP contribution is 2.27. The van der Waals surface area contributed by atoms with E-state index in [0.717, 1.165) is 22.3 Å². The number of benzene rings is 3. The second-order valence-corrected chi connectivity index (χ2v) is 9.33. The maximum absolute atomic E-state index is 13.0. The third-order valence-electron chi connectivity index (χ3n) is 4.97. The van der Waals surface area contributed by atoms with Crippen molar-refractivity contribution in [2.75, 3.05) is 10.0 Å². The molecule has 2 N–H and O–H groups in total. The van der Waals surface area contributed by atoms with Crippen LogP contribution in [0.4, 0.5) is 11.4 Å². The van der Waals surface area contributed by atoms with Crippen LogP contribution in [0.25, 0.3) is 0 Å². The van der Waals surface area contributed by atoms with Crippen molar-refractivity contribution in [3.8, 4) is 0 Å². The van der Waals surface area contributed by atoms with Crippen LogP contribution in [0.15, 0.2) is 59.5 Å². The van der Waals surface area contributed by atoms with Crippen LogP contribution in [-0.4, -0.2) is 14.3 Å². The van der Waals surface area contributed by atoms with Gasteiger partial charge in [0.2, 0.25) is 0 Å². The molecule has 0 unspecified atom stereocenters. The first-order chi connectivity index (χ1) is 14.1. The molecule has 1 amide bonds. The highest BCUT2D eigenvalue weighted by molar-refractivity contribution is 7.92. The molecule has 0 atom stereocenters. The zero-order valence-electron chi connectivity index (χ0n) is 17.2. The number of amides is 1. The zero-order valence-corrected chi connectivity index (χ0v) is 18.8. The van der Waals surface area contributed by atoms with Crippen LogP contribution < -0.4 is 10.0 Å². The third-order valence-corrected chi connectivity index (χ3v) is 6.82. The van der Waals surface area contributed by atoms with Gasteiger partial charge in [-0.1, -0.05) is 35.9 Å². The van der Waals surface area contributed by atoms with Crippen LogP contribution >= 0.6 is 11.6 Å². The highest BCUT2D eigenvalue weighted by Gasteiger charge is 2.21. The first-order valence-corrected chi connectivity index (χ1v) is 11.2. The first kappa shape index (κ1) is 21.9. The van der Waals surface area contributed by atoms with Gasteiger partial charge in [-0.05, 0) is 80.3 Å². The Morgan fingerprint density at radius 3 is 2.33 bits per heavy atom. The number of anilines is 2. The summed E-state index contributed by atoms with van der Waals surface area (Å²) in [6.45, 7) is 7.56. The van der Waals surface area contributed by atoms with E-state index in [2.05, 4.69) is 10.0 Å². The summed E-state index contributed by atoms with van der Waals surface area (Å²) in [5, 5.41) is 2.87. The number of rotatable bonds is 5. The van der Waals surface area contributed by atoms with Crippen molar-refractivity contribution in [1.82, 2.24) is 0 Å². The topological polar surface area (TPSA) is 75.3 Å². The lowest BCUT2D eigenvalue weighted by Crippen LogP contribution is -2.17. The highest BCUT2D eigenvalue weighted by atomic mass is 35.5. The quantitative estimate of drug-likeness (QED) is 0.537. The Labute approximate surface area is 182 Å². The molecule has 3 aromatic rings. The molecule has 5 nitrogen and oxygen atoms in total. The van der Waals surface area contributed by atoms with E-state index in [-0.39, 0.29) is 15.5 Å². The van der Waals surface area contributed by atoms with Crippen molar-refractivity contribution < 1.29 is 13.2 Å². The molecule has 0 bridgehead atoms. The maximum Gasteiger partial charge on any atom is 0.263 e. The third kappa shape index (κ3) is 4.66. The van der Waals surface area contributed by atoms with Crippen LogP contribution in [0.1, 0.15) is 32.6 Å². The van der Waals surface area contributed by atoms with Gasteiger partial charge in [0.05, 0.1) is 10.7 Å². The molecular formula is C23H23ClN2O3S. The SMILES string of the molecule is Cc1ccc(C)c(NS(=O)(=O)c2cc(C(=O)Nc3cccc(C)c3C)ccc2Cl)c1. The molecule has 30 heavy (non-hydrogen) atoms. The lowest BCUT2D eigenvalue weighted by molar-refractivity contribution is 0.102. The summed E-state index contributed by atoms with van der Waals surface area (Å²) >= 11 is 6.18. The number of hydrogen-bond acceptors (Lipinski definition) is 3. The Balaban J connectivity index is 1.93. The monoisotopic (exact) mass is 442 g/mol. The molecule has 0 aliphatic carbocycles. The molecule has 0 aromatic heterocycles. The van der Waals surface area contributed by atoms with E-state index in [9.17, 15) is 13.2 Å². The molecular weight excluding hydrogens is 420 g/mol. The van der Waals surface area contributed by atoms with Gasteiger partial charge in [0.25, 0.3) is 15.9 Å². The summed E-state index contributed by atoms with van der Waals surface area (Å²) in [5.41, 5.74) is 5.04. The van der Waals surface area contributed by atoms with E-state index < -0.39 is 15.9 Å². The molecule has 0 fully saturated rings. The molecule has 0 radical (unpaired) electrons. The van der Waals surface area contributed by atoms with Crippen LogP contribution in [-0.2, 0) is 10.0 Å². The van der Waals surface area contributed by atoms with Gasteiger partial charge in [0.1, 0.15) is 4.90 Å². The number of nitrogens with one attached hydrogen (secondary N) is 2. The molecule has 0 spiro atoms. The summed E-state index contributed by atoms with van der Waals surface area (Å²) in [6, 6.07) is 15.3. The van der Waals surface area contributed by atoms with Crippen LogP contribution in [0, 0.1) is 27.7 Å². The van der Waals surface area contributed by atoms with Gasteiger partial charge >= 0.3 is 0 Å². The second kappa shape index (κ2) is 8.50. The molecule has 7 heteroatoms. The summed E-state index contributed by atoms with van der Waals surface area (Å²) in [5.74, 6) is -0.413. The van der Waals surface area contributed by atoms with Crippen molar-refractivity contribution in [3.63, 3.8) is 0 Å². The van der Waals surface area contributed by atoms with E-state index in [4.69, 9.17) is 11.6 Å². The van der Waals surface area contributed by atoms with Crippen molar-refractivity contribution >= 4 is 38.9 Å². The summed E-state index contributed by atoms with van der Waals surface area (Å²) < 4.78 is 28.6. The van der Waals surface area contributed by atoms with E-state index in [1.807, 2.05) is 52.0 Å². The number of hydrogen-bond donors (Lipinski definition) is 2. The Bertz CT molecular complexity index is 1240. The first-order valence-electron chi connectivity index (χ1n) is 9.35. The molecule has 0 aliphatic heterocycles. The van der Waals surface area contributed by atoms with Gasteiger partial charge in [-0.3, -0.25) is 9.52 Å². The van der Waals surface area contributed by atoms with Gasteiger partial charge in [-0.25, -0.2) is 8.42 Å². The van der Waals surface area contributed by atoms with Crippen LogP contribution in [0.3, 0.4) is 0 Å². The molecule has 0 saturated heterocycles. The molecule has 156 valence electrons. The van der Waals surface area contributed by atoms with Crippen LogP contribution in [0.2, 0.25) is 5.02 Å². The zero-order chi connectivity index (χ0) is 22.1. The van der Waals surface area contributed by atoms with Gasteiger partial charge in [0, 0.05) is 11.3 Å². The van der Waals surface area contributed by atoms with Crippen molar-refractivity contribution in [3.05, 3.63) is 87.4 Å². The Kier molecular flexibility index (Phi) is 6.19. The van der Waals surface area contributed by atoms with E-state index >= 15 is 0 Å². The minimum absolute atomic E-state index is 0.0380. The fraction of sp³-hybridized carbons (Fsp3) is 0.174. The standard InChI is InChI=1S/C23H23ClN2O3S/c1-14-8-9-16(3)21(12-14)26-30(28,29)22-13-18(10-11-19(22)24)23(27)25-20-7-5-6-15(2)17(20)4/h5-13,26H,1-4H3,(H,25,27). The van der Waals surface area contributed by atoms with Gasteiger partial charge in [-0.2, -0.15) is 0 Å². The normalized spacial score (nSPS) is 11.2. The summed E-state index contributed by atoms with van der Waals surface area (Å²) in [4.78, 5) is 12.6. The lowest BCUT2D eigenvalue weighted by Gasteiger charge is -2.14. The molecule has 3 rings (SSSR count). The van der Waals surface area contributed by atoms with E-state index in [1.54, 1.807) is 12.1 Å². The maximum atomic E-state index is 13.0.